The number of halogens is 1. The SMILES string of the molecule is CS(=O)(=O)c1ccc(S(=O)(=O)NC2CCCNC2)c(Br)c1. The third kappa shape index (κ3) is 4.26. The Kier molecular flexibility index (Phi) is 5.09. The maximum atomic E-state index is 12.4. The zero-order valence-corrected chi connectivity index (χ0v) is 14.7. The number of piperidine rings is 1. The number of hydrogen-bond donors (Lipinski definition) is 2. The first kappa shape index (κ1) is 16.9. The van der Waals surface area contributed by atoms with E-state index in [4.69, 9.17) is 0 Å². The summed E-state index contributed by atoms with van der Waals surface area (Å²) in [7, 11) is -7.05. The fourth-order valence-corrected chi connectivity index (χ4v) is 5.31. The van der Waals surface area contributed by atoms with Gasteiger partial charge in [0.15, 0.2) is 9.84 Å². The quantitative estimate of drug-likeness (QED) is 0.787. The molecular formula is C12H17BrN2O4S2. The smallest absolute Gasteiger partial charge is 0.241 e. The second kappa shape index (κ2) is 6.33. The molecule has 1 atom stereocenters. The number of rotatable bonds is 4. The number of hydrogen-bond acceptors (Lipinski definition) is 5. The first-order valence-electron chi connectivity index (χ1n) is 6.43. The van der Waals surface area contributed by atoms with Crippen LogP contribution in [0.5, 0.6) is 0 Å². The molecule has 0 saturated carbocycles. The summed E-state index contributed by atoms with van der Waals surface area (Å²) in [5, 5.41) is 3.13. The molecule has 2 rings (SSSR count). The van der Waals surface area contributed by atoms with Gasteiger partial charge in [-0.25, -0.2) is 21.6 Å². The zero-order chi connectivity index (χ0) is 15.7. The van der Waals surface area contributed by atoms with Crippen LogP contribution in [0.2, 0.25) is 0 Å². The van der Waals surface area contributed by atoms with Crippen molar-refractivity contribution < 1.29 is 16.8 Å². The van der Waals surface area contributed by atoms with Gasteiger partial charge in [0.25, 0.3) is 0 Å². The van der Waals surface area contributed by atoms with Gasteiger partial charge < -0.3 is 5.32 Å². The van der Waals surface area contributed by atoms with Gasteiger partial charge in [-0.15, -0.1) is 0 Å². The predicted octanol–water partition coefficient (Wildman–Crippen LogP) is 0.883. The Hall–Kier alpha value is -0.480. The van der Waals surface area contributed by atoms with Gasteiger partial charge in [-0.3, -0.25) is 0 Å². The van der Waals surface area contributed by atoms with E-state index < -0.39 is 19.9 Å². The largest absolute Gasteiger partial charge is 0.315 e. The van der Waals surface area contributed by atoms with Gasteiger partial charge >= 0.3 is 0 Å². The first-order valence-corrected chi connectivity index (χ1v) is 10.6. The maximum Gasteiger partial charge on any atom is 0.241 e. The molecule has 0 spiro atoms. The van der Waals surface area contributed by atoms with E-state index >= 15 is 0 Å². The molecule has 0 aromatic heterocycles. The van der Waals surface area contributed by atoms with Crippen LogP contribution in [0, 0.1) is 0 Å². The molecular weight excluding hydrogens is 380 g/mol. The number of sulfonamides is 1. The molecule has 0 radical (unpaired) electrons. The lowest BCUT2D eigenvalue weighted by atomic mass is 10.1. The highest BCUT2D eigenvalue weighted by molar-refractivity contribution is 9.10. The van der Waals surface area contributed by atoms with Crippen molar-refractivity contribution in [3.8, 4) is 0 Å². The van der Waals surface area contributed by atoms with Crippen LogP contribution in [-0.2, 0) is 19.9 Å². The Morgan fingerprint density at radius 1 is 1.29 bits per heavy atom. The van der Waals surface area contributed by atoms with Crippen molar-refractivity contribution in [1.29, 1.82) is 0 Å². The summed E-state index contributed by atoms with van der Waals surface area (Å²) < 4.78 is 50.5. The molecule has 1 fully saturated rings. The molecule has 1 aromatic rings. The topological polar surface area (TPSA) is 92.3 Å². The predicted molar refractivity (Wildman–Crippen MR) is 83.5 cm³/mol. The van der Waals surface area contributed by atoms with E-state index in [2.05, 4.69) is 26.0 Å². The van der Waals surface area contributed by atoms with E-state index in [0.29, 0.717) is 6.54 Å². The average molecular weight is 397 g/mol. The molecule has 1 aliphatic rings. The summed E-state index contributed by atoms with van der Waals surface area (Å²) in [5.74, 6) is 0. The molecule has 21 heavy (non-hydrogen) atoms. The highest BCUT2D eigenvalue weighted by Gasteiger charge is 2.24. The van der Waals surface area contributed by atoms with Gasteiger partial charge in [0.1, 0.15) is 0 Å². The third-order valence-corrected chi connectivity index (χ3v) is 6.85. The lowest BCUT2D eigenvalue weighted by molar-refractivity contribution is 0.428. The zero-order valence-electron chi connectivity index (χ0n) is 11.5. The number of nitrogens with one attached hydrogen (secondary N) is 2. The first-order chi connectivity index (χ1) is 9.70. The molecule has 0 bridgehead atoms. The van der Waals surface area contributed by atoms with Gasteiger partial charge in [-0.2, -0.15) is 0 Å². The monoisotopic (exact) mass is 396 g/mol. The average Bonchev–Trinajstić information content (AvgIpc) is 2.37. The van der Waals surface area contributed by atoms with Crippen LogP contribution in [-0.4, -0.2) is 42.2 Å². The van der Waals surface area contributed by atoms with Crippen LogP contribution in [0.25, 0.3) is 0 Å². The summed E-state index contributed by atoms with van der Waals surface area (Å²) in [5.41, 5.74) is 0. The van der Waals surface area contributed by atoms with Crippen molar-refractivity contribution in [3.05, 3.63) is 22.7 Å². The molecule has 9 heteroatoms. The van der Waals surface area contributed by atoms with Crippen LogP contribution >= 0.6 is 15.9 Å². The van der Waals surface area contributed by atoms with Crippen molar-refractivity contribution in [2.24, 2.45) is 0 Å². The lowest BCUT2D eigenvalue weighted by Crippen LogP contribution is -2.45. The Morgan fingerprint density at radius 2 is 2.00 bits per heavy atom. The Balaban J connectivity index is 2.28. The van der Waals surface area contributed by atoms with Crippen LogP contribution in [0.15, 0.2) is 32.5 Å². The van der Waals surface area contributed by atoms with Gasteiger partial charge in [-0.05, 0) is 53.5 Å². The van der Waals surface area contributed by atoms with E-state index in [1.165, 1.54) is 18.2 Å². The standard InChI is InChI=1S/C12H17BrN2O4S2/c1-20(16,17)10-4-5-12(11(13)7-10)21(18,19)15-9-3-2-6-14-8-9/h4-5,7,9,14-15H,2-3,6,8H2,1H3. The van der Waals surface area contributed by atoms with Crippen molar-refractivity contribution in [2.45, 2.75) is 28.7 Å². The molecule has 0 aliphatic carbocycles. The maximum absolute atomic E-state index is 12.4. The molecule has 2 N–H and O–H groups in total. The van der Waals surface area contributed by atoms with Crippen molar-refractivity contribution in [3.63, 3.8) is 0 Å². The van der Waals surface area contributed by atoms with E-state index in [0.717, 1.165) is 25.6 Å². The minimum Gasteiger partial charge on any atom is -0.315 e. The molecule has 6 nitrogen and oxygen atoms in total. The minimum atomic E-state index is -3.68. The van der Waals surface area contributed by atoms with Gasteiger partial charge in [-0.1, -0.05) is 0 Å². The van der Waals surface area contributed by atoms with E-state index in [-0.39, 0.29) is 20.3 Å². The Bertz CT molecular complexity index is 726. The van der Waals surface area contributed by atoms with Crippen LogP contribution < -0.4 is 10.0 Å². The van der Waals surface area contributed by atoms with Gasteiger partial charge in [0.05, 0.1) is 9.79 Å². The highest BCUT2D eigenvalue weighted by Crippen LogP contribution is 2.25. The minimum absolute atomic E-state index is 0.0421. The van der Waals surface area contributed by atoms with E-state index in [1.807, 2.05) is 0 Å². The number of sulfone groups is 1. The molecule has 1 unspecified atom stereocenters. The highest BCUT2D eigenvalue weighted by atomic mass is 79.9. The summed E-state index contributed by atoms with van der Waals surface area (Å²) >= 11 is 3.14. The Labute approximate surface area is 133 Å². The van der Waals surface area contributed by atoms with Crippen LogP contribution in [0.1, 0.15) is 12.8 Å². The van der Waals surface area contributed by atoms with E-state index in [1.54, 1.807) is 0 Å². The molecule has 1 aromatic carbocycles. The summed E-state index contributed by atoms with van der Waals surface area (Å²) in [4.78, 5) is 0.119. The number of benzene rings is 1. The second-order valence-electron chi connectivity index (χ2n) is 5.03. The fraction of sp³-hybridized carbons (Fsp3) is 0.500. The van der Waals surface area contributed by atoms with E-state index in [9.17, 15) is 16.8 Å². The summed E-state index contributed by atoms with van der Waals surface area (Å²) in [6.07, 6.45) is 2.78. The second-order valence-corrected chi connectivity index (χ2v) is 9.58. The molecule has 118 valence electrons. The van der Waals surface area contributed by atoms with Crippen molar-refractivity contribution >= 4 is 35.8 Å². The van der Waals surface area contributed by atoms with Crippen molar-refractivity contribution in [1.82, 2.24) is 10.0 Å². The van der Waals surface area contributed by atoms with Crippen molar-refractivity contribution in [2.75, 3.05) is 19.3 Å². The summed E-state index contributed by atoms with van der Waals surface area (Å²) in [6, 6.07) is 3.76. The summed E-state index contributed by atoms with van der Waals surface area (Å²) in [6.45, 7) is 1.49. The molecule has 1 heterocycles. The molecule has 1 saturated heterocycles. The van der Waals surface area contributed by atoms with Gasteiger partial charge in [0.2, 0.25) is 10.0 Å². The van der Waals surface area contributed by atoms with Crippen LogP contribution in [0.3, 0.4) is 0 Å². The normalized spacial score (nSPS) is 20.4. The van der Waals surface area contributed by atoms with Crippen LogP contribution in [0.4, 0.5) is 0 Å². The molecule has 1 aliphatic heterocycles. The third-order valence-electron chi connectivity index (χ3n) is 3.24. The molecule has 0 amide bonds. The fourth-order valence-electron chi connectivity index (χ4n) is 2.17. The Morgan fingerprint density at radius 3 is 2.52 bits per heavy atom. The lowest BCUT2D eigenvalue weighted by Gasteiger charge is -2.23. The van der Waals surface area contributed by atoms with Gasteiger partial charge in [0, 0.05) is 23.3 Å².